The van der Waals surface area contributed by atoms with Crippen molar-refractivity contribution in [3.05, 3.63) is 73.0 Å². The average molecular weight is 671 g/mol. The van der Waals surface area contributed by atoms with Crippen LogP contribution in [0.15, 0.2) is 35.6 Å². The van der Waals surface area contributed by atoms with Crippen LogP contribution >= 0.6 is 12.2 Å². The molecule has 0 radical (unpaired) electrons. The summed E-state index contributed by atoms with van der Waals surface area (Å²) in [7, 11) is 0. The summed E-state index contributed by atoms with van der Waals surface area (Å²) in [6, 6.07) is 4.34. The van der Waals surface area contributed by atoms with Crippen molar-refractivity contribution in [3.63, 3.8) is 0 Å². The summed E-state index contributed by atoms with van der Waals surface area (Å²) >= 11 is 4.67. The molecule has 42 heavy (non-hydrogen) atoms. The Hall–Kier alpha value is -1.70. The molecular weight excluding hydrogens is 628 g/mol. The molecule has 0 aliphatic carbocycles. The fraction of sp³-hybridized carbons (Fsp3) is 0.606. The first kappa shape index (κ1) is 33.2. The van der Waals surface area contributed by atoms with Gasteiger partial charge in [0.25, 0.3) is 0 Å². The number of piperidine rings is 4. The third kappa shape index (κ3) is 9.40. The number of benzene rings is 1. The van der Waals surface area contributed by atoms with Crippen molar-refractivity contribution in [1.29, 1.82) is 0 Å². The number of allylic oxidation sites excluding steroid dienone is 2. The van der Waals surface area contributed by atoms with E-state index >= 15 is 0 Å². The van der Waals surface area contributed by atoms with Crippen LogP contribution in [0.4, 0.5) is 17.1 Å². The number of thiocarbonyl (C=S) groups is 1. The van der Waals surface area contributed by atoms with E-state index in [2.05, 4.69) is 54.3 Å². The molecule has 4 unspecified atom stereocenters. The molecule has 6 aliphatic heterocycles. The molecular formula is C33H43N7RuS. The van der Waals surface area contributed by atoms with Gasteiger partial charge in [-0.25, -0.2) is 0 Å². The molecule has 0 bridgehead atoms. The van der Waals surface area contributed by atoms with Gasteiger partial charge < -0.3 is 31.9 Å². The molecule has 9 heteroatoms. The summed E-state index contributed by atoms with van der Waals surface area (Å²) in [6.07, 6.45) is 27.2. The number of fused-ring (bicyclic) bond motifs is 3. The molecule has 0 aromatic heterocycles. The molecule has 224 valence electrons. The summed E-state index contributed by atoms with van der Waals surface area (Å²) in [5, 5.41) is 31.7. The van der Waals surface area contributed by atoms with Crippen LogP contribution in [0.25, 0.3) is 44.1 Å². The largest absolute Gasteiger partial charge is 6.00 e. The molecule has 7 nitrogen and oxygen atoms in total. The van der Waals surface area contributed by atoms with Gasteiger partial charge >= 0.3 is 19.5 Å². The number of aliphatic imine (C=N–C) groups is 1. The Labute approximate surface area is 270 Å². The predicted molar refractivity (Wildman–Crippen MR) is 177 cm³/mol. The normalized spacial score (nSPS) is 27.4. The van der Waals surface area contributed by atoms with Crippen molar-refractivity contribution in [2.75, 3.05) is 26.2 Å². The van der Waals surface area contributed by atoms with E-state index < -0.39 is 0 Å². The number of isothiocyanates is 1. The predicted octanol–water partition coefficient (Wildman–Crippen LogP) is 8.72. The van der Waals surface area contributed by atoms with Crippen LogP contribution in [-0.2, 0) is 19.5 Å². The van der Waals surface area contributed by atoms with Gasteiger partial charge in [-0.3, -0.25) is 0 Å². The van der Waals surface area contributed by atoms with Gasteiger partial charge in [0, 0.05) is 0 Å². The van der Waals surface area contributed by atoms with Crippen molar-refractivity contribution < 1.29 is 19.5 Å². The van der Waals surface area contributed by atoms with Gasteiger partial charge in [0.05, 0.1) is 10.8 Å². The molecule has 1 aromatic carbocycles. The number of nitrogens with zero attached hydrogens (tertiary/aromatic N) is 7. The molecule has 7 rings (SSSR count). The second kappa shape index (κ2) is 18.2. The standard InChI is InChI=1S/C13H7N3S.2C10H18N2.Ru/c17-8-16-11-7-9-3-1-5-14-12(9)13-10(11)4-2-6-15-13;2*1-3-7-11-9(5-1)10-6-2-4-8-12-10;/h1-7H;2*9-10H,1-8H2;/q3*-2;+6. The van der Waals surface area contributed by atoms with E-state index in [9.17, 15) is 0 Å². The maximum Gasteiger partial charge on any atom is 6.00 e. The van der Waals surface area contributed by atoms with Gasteiger partial charge in [-0.15, -0.1) is 37.6 Å². The van der Waals surface area contributed by atoms with Gasteiger partial charge in [-0.2, -0.15) is 41.6 Å². The molecule has 6 heterocycles. The Morgan fingerprint density at radius 1 is 0.619 bits per heavy atom. The number of hydrogen-bond donors (Lipinski definition) is 0. The van der Waals surface area contributed by atoms with Crippen LogP contribution in [0.5, 0.6) is 0 Å². The molecule has 1 aromatic rings. The Balaban J connectivity index is 0.000000146. The molecule has 0 spiro atoms. The van der Waals surface area contributed by atoms with Crippen LogP contribution in [0, 0.1) is 0 Å². The molecule has 6 aliphatic rings. The Morgan fingerprint density at radius 3 is 1.50 bits per heavy atom. The van der Waals surface area contributed by atoms with Crippen molar-refractivity contribution in [2.45, 2.75) is 101 Å². The van der Waals surface area contributed by atoms with Crippen LogP contribution < -0.4 is 10.4 Å². The second-order valence-corrected chi connectivity index (χ2v) is 11.6. The topological polar surface area (TPSA) is 97.0 Å². The minimum atomic E-state index is 0. The summed E-state index contributed by atoms with van der Waals surface area (Å²) < 4.78 is 0. The van der Waals surface area contributed by atoms with Gasteiger partial charge in [-0.1, -0.05) is 101 Å². The average Bonchev–Trinajstić information content (AvgIpc) is 3.07. The summed E-state index contributed by atoms with van der Waals surface area (Å²) in [5.74, 6) is 0. The minimum Gasteiger partial charge on any atom is -0.665 e. The third-order valence-corrected chi connectivity index (χ3v) is 8.67. The van der Waals surface area contributed by atoms with Crippen LogP contribution in [0.2, 0.25) is 0 Å². The van der Waals surface area contributed by atoms with Crippen molar-refractivity contribution >= 4 is 46.6 Å². The van der Waals surface area contributed by atoms with Gasteiger partial charge in [0.2, 0.25) is 0 Å². The monoisotopic (exact) mass is 671 g/mol. The molecule has 4 fully saturated rings. The molecule has 0 amide bonds. The van der Waals surface area contributed by atoms with E-state index in [1.54, 1.807) is 12.4 Å². The van der Waals surface area contributed by atoms with Crippen LogP contribution in [0.3, 0.4) is 0 Å². The summed E-state index contributed by atoms with van der Waals surface area (Å²) in [5.41, 5.74) is 2.50. The molecule has 4 saturated heterocycles. The van der Waals surface area contributed by atoms with E-state index in [0.717, 1.165) is 53.7 Å². The Bertz CT molecular complexity index is 1140. The van der Waals surface area contributed by atoms with Gasteiger partial charge in [-0.05, 0) is 28.7 Å². The van der Waals surface area contributed by atoms with E-state index in [4.69, 9.17) is 0 Å². The SMILES string of the molecule is C1CCC(C2CCCC[N-]2)[N-]C1.C1CCC(C2CCCC[N-]2)[N-]C1.S=C=Nc1cc2c(c3c1=CC=C[N-]3)[N-]C=CC=2.[Ru+6]. The zero-order chi connectivity index (χ0) is 28.1. The van der Waals surface area contributed by atoms with Crippen molar-refractivity contribution in [3.8, 4) is 0 Å². The smallest absolute Gasteiger partial charge is 0.665 e. The third-order valence-electron chi connectivity index (χ3n) is 8.58. The summed E-state index contributed by atoms with van der Waals surface area (Å²) in [6.45, 7) is 4.38. The molecule has 0 N–H and O–H groups in total. The maximum atomic E-state index is 4.67. The maximum absolute atomic E-state index is 4.67. The fourth-order valence-corrected chi connectivity index (χ4v) is 6.51. The summed E-state index contributed by atoms with van der Waals surface area (Å²) in [4.78, 5) is 4.08. The fourth-order valence-electron chi connectivity index (χ4n) is 6.41. The van der Waals surface area contributed by atoms with E-state index in [1.807, 2.05) is 30.4 Å². The Morgan fingerprint density at radius 2 is 1.07 bits per heavy atom. The Kier molecular flexibility index (Phi) is 14.4. The first-order chi connectivity index (χ1) is 20.3. The zero-order valence-electron chi connectivity index (χ0n) is 24.6. The number of rotatable bonds is 3. The van der Waals surface area contributed by atoms with Gasteiger partial charge in [0.15, 0.2) is 0 Å². The van der Waals surface area contributed by atoms with E-state index in [0.29, 0.717) is 24.2 Å². The second-order valence-electron chi connectivity index (χ2n) is 11.5. The zero-order valence-corrected chi connectivity index (χ0v) is 27.1. The van der Waals surface area contributed by atoms with E-state index in [1.165, 1.54) is 77.0 Å². The molecule has 4 atom stereocenters. The first-order valence-corrected chi connectivity index (χ1v) is 16.1. The minimum absolute atomic E-state index is 0. The van der Waals surface area contributed by atoms with Crippen LogP contribution in [0.1, 0.15) is 77.0 Å². The first-order valence-electron chi connectivity index (χ1n) is 15.7. The molecule has 0 saturated carbocycles. The van der Waals surface area contributed by atoms with Crippen molar-refractivity contribution in [2.24, 2.45) is 4.99 Å². The quantitative estimate of drug-likeness (QED) is 0.179. The van der Waals surface area contributed by atoms with Gasteiger partial charge in [0.1, 0.15) is 0 Å². The number of hydrogen-bond acceptors (Lipinski definition) is 2. The van der Waals surface area contributed by atoms with Crippen LogP contribution in [-0.4, -0.2) is 55.5 Å². The van der Waals surface area contributed by atoms with Crippen molar-refractivity contribution in [1.82, 2.24) is 0 Å². The van der Waals surface area contributed by atoms with E-state index in [-0.39, 0.29) is 19.5 Å².